The number of anilines is 1. The van der Waals surface area contributed by atoms with E-state index in [-0.39, 0.29) is 18.7 Å². The van der Waals surface area contributed by atoms with Crippen LogP contribution in [0.3, 0.4) is 0 Å². The molecule has 1 saturated carbocycles. The molecule has 2 atom stereocenters. The van der Waals surface area contributed by atoms with Crippen LogP contribution < -0.4 is 4.90 Å². The lowest BCUT2D eigenvalue weighted by Gasteiger charge is -2.36. The predicted molar refractivity (Wildman–Crippen MR) is 148 cm³/mol. The zero-order valence-corrected chi connectivity index (χ0v) is 22.3. The molecule has 0 N–H and O–H groups in total. The molecule has 0 aromatic heterocycles. The van der Waals surface area contributed by atoms with E-state index < -0.39 is 30.3 Å². The molecule has 6 heteroatoms. The maximum atomic E-state index is 14.9. The van der Waals surface area contributed by atoms with Crippen LogP contribution in [0.1, 0.15) is 63.5 Å². The zero-order chi connectivity index (χ0) is 27.1. The molecule has 38 heavy (non-hydrogen) atoms. The number of alkyl halides is 2. The van der Waals surface area contributed by atoms with Gasteiger partial charge in [-0.3, -0.25) is 9.59 Å². The van der Waals surface area contributed by atoms with Crippen LogP contribution >= 0.6 is 0 Å². The molecule has 4 nitrogen and oxygen atoms in total. The Morgan fingerprint density at radius 2 is 1.63 bits per heavy atom. The second kappa shape index (κ2) is 12.5. The molecule has 1 aliphatic rings. The Bertz CT molecular complexity index is 1240. The summed E-state index contributed by atoms with van der Waals surface area (Å²) in [6, 6.07) is 22.3. The summed E-state index contributed by atoms with van der Waals surface area (Å²) >= 11 is 0. The topological polar surface area (TPSA) is 46.6 Å². The van der Waals surface area contributed by atoms with Crippen molar-refractivity contribution in [2.75, 3.05) is 11.4 Å². The van der Waals surface area contributed by atoms with Gasteiger partial charge >= 0.3 is 5.97 Å². The number of benzene rings is 3. The number of carbonyl (C=O) groups excluding carboxylic acids is 2. The van der Waals surface area contributed by atoms with E-state index in [9.17, 15) is 18.4 Å². The third-order valence-corrected chi connectivity index (χ3v) is 7.45. The average Bonchev–Trinajstić information content (AvgIpc) is 2.90. The van der Waals surface area contributed by atoms with Crippen molar-refractivity contribution in [3.05, 3.63) is 77.9 Å². The summed E-state index contributed by atoms with van der Waals surface area (Å²) in [6.07, 6.45) is 3.15. The maximum Gasteiger partial charge on any atom is 0.303 e. The fourth-order valence-corrected chi connectivity index (χ4v) is 5.33. The average molecular weight is 522 g/mol. The number of unbranched alkanes of at least 4 members (excludes halogenated alkanes) is 2. The normalized spacial score (nSPS) is 18.7. The summed E-state index contributed by atoms with van der Waals surface area (Å²) in [5.74, 6) is -5.10. The number of amides is 1. The van der Waals surface area contributed by atoms with Gasteiger partial charge in [-0.25, -0.2) is 8.78 Å². The number of hydrogen-bond donors (Lipinski definition) is 0. The minimum atomic E-state index is -3.24. The first-order valence-corrected chi connectivity index (χ1v) is 13.7. The lowest BCUT2D eigenvalue weighted by Crippen LogP contribution is -2.48. The number of aryl methyl sites for hydroxylation is 1. The minimum Gasteiger partial charge on any atom is -0.456 e. The number of nitrogens with zero attached hydrogens (tertiary/aromatic N) is 1. The minimum absolute atomic E-state index is 0.0299. The van der Waals surface area contributed by atoms with Gasteiger partial charge < -0.3 is 9.64 Å². The van der Waals surface area contributed by atoms with Crippen molar-refractivity contribution < 1.29 is 23.1 Å². The Labute approximate surface area is 224 Å². The van der Waals surface area contributed by atoms with Crippen LogP contribution in [0.5, 0.6) is 0 Å². The monoisotopic (exact) mass is 521 g/mol. The molecule has 0 heterocycles. The Morgan fingerprint density at radius 3 is 2.32 bits per heavy atom. The molecule has 202 valence electrons. The summed E-state index contributed by atoms with van der Waals surface area (Å²) in [5, 5.41) is 2.28. The number of halogens is 2. The Morgan fingerprint density at radius 1 is 0.921 bits per heavy atom. The van der Waals surface area contributed by atoms with Gasteiger partial charge in [0.05, 0.1) is 0 Å². The molecule has 0 bridgehead atoms. The molecule has 1 fully saturated rings. The van der Waals surface area contributed by atoms with E-state index in [2.05, 4.69) is 37.3 Å². The van der Waals surface area contributed by atoms with E-state index in [1.54, 1.807) is 4.90 Å². The van der Waals surface area contributed by atoms with E-state index in [0.717, 1.165) is 48.2 Å². The number of hydrogen-bond acceptors (Lipinski definition) is 3. The molecule has 1 amide bonds. The lowest BCUT2D eigenvalue weighted by atomic mass is 9.83. The highest BCUT2D eigenvalue weighted by molar-refractivity contribution is 5.95. The largest absolute Gasteiger partial charge is 0.456 e. The van der Waals surface area contributed by atoms with E-state index in [1.165, 1.54) is 12.0 Å². The van der Waals surface area contributed by atoms with E-state index >= 15 is 0 Å². The molecule has 0 unspecified atom stereocenters. The van der Waals surface area contributed by atoms with Crippen LogP contribution in [0.25, 0.3) is 10.8 Å². The van der Waals surface area contributed by atoms with Crippen LogP contribution in [-0.4, -0.2) is 30.4 Å². The summed E-state index contributed by atoms with van der Waals surface area (Å²) in [7, 11) is 0. The van der Waals surface area contributed by atoms with Gasteiger partial charge in [-0.05, 0) is 66.1 Å². The maximum absolute atomic E-state index is 14.9. The Balaban J connectivity index is 1.53. The fraction of sp³-hybridized carbons (Fsp3) is 0.438. The van der Waals surface area contributed by atoms with Gasteiger partial charge in [-0.15, -0.1) is 0 Å². The SMILES string of the molecule is CCCCCc1ccc(N(CCc2ccc3ccccc3c2)C(=O)[C@@H]2CC[C@H](OC(C)=O)C(F)(F)C2)cc1. The standard InChI is InChI=1S/C32H37F2NO3/c1-3-4-5-8-24-12-16-29(17-13-24)35(20-19-25-11-14-26-9-6-7-10-27(26)21-25)31(37)28-15-18-30(38-23(2)36)32(33,34)22-28/h6-7,9-14,16-17,21,28,30H,3-5,8,15,18-20,22H2,1-2H3/t28-,30+/m1/s1. The second-order valence-electron chi connectivity index (χ2n) is 10.4. The number of fused-ring (bicyclic) bond motifs is 1. The van der Waals surface area contributed by atoms with Gasteiger partial charge in [0.25, 0.3) is 5.92 Å². The molecular weight excluding hydrogens is 484 g/mol. The second-order valence-corrected chi connectivity index (χ2v) is 10.4. The summed E-state index contributed by atoms with van der Waals surface area (Å²) in [4.78, 5) is 26.7. The van der Waals surface area contributed by atoms with Crippen molar-refractivity contribution in [3.8, 4) is 0 Å². The smallest absolute Gasteiger partial charge is 0.303 e. The molecule has 4 rings (SSSR count). The molecule has 0 radical (unpaired) electrons. The number of rotatable bonds is 10. The van der Waals surface area contributed by atoms with Crippen LogP contribution in [0, 0.1) is 5.92 Å². The third kappa shape index (κ3) is 6.97. The third-order valence-electron chi connectivity index (χ3n) is 7.45. The van der Waals surface area contributed by atoms with Crippen molar-refractivity contribution in [2.45, 2.75) is 77.2 Å². The first kappa shape index (κ1) is 27.7. The van der Waals surface area contributed by atoms with E-state index in [0.29, 0.717) is 13.0 Å². The summed E-state index contributed by atoms with van der Waals surface area (Å²) in [5.41, 5.74) is 3.01. The molecule has 0 aliphatic heterocycles. The van der Waals surface area contributed by atoms with Gasteiger partial charge in [0.2, 0.25) is 5.91 Å². The van der Waals surface area contributed by atoms with Crippen LogP contribution in [0.2, 0.25) is 0 Å². The Kier molecular flexibility index (Phi) is 9.13. The quantitative estimate of drug-likeness (QED) is 0.205. The van der Waals surface area contributed by atoms with Gasteiger partial charge in [0.15, 0.2) is 6.10 Å². The van der Waals surface area contributed by atoms with Crippen molar-refractivity contribution in [1.29, 1.82) is 0 Å². The number of ether oxygens (including phenoxy) is 1. The van der Waals surface area contributed by atoms with Gasteiger partial charge in [0, 0.05) is 31.5 Å². The highest BCUT2D eigenvalue weighted by Crippen LogP contribution is 2.40. The highest BCUT2D eigenvalue weighted by atomic mass is 19.3. The predicted octanol–water partition coefficient (Wildman–Crippen LogP) is 7.52. The Hall–Kier alpha value is -3.28. The fourth-order valence-electron chi connectivity index (χ4n) is 5.33. The molecule has 0 spiro atoms. The van der Waals surface area contributed by atoms with Gasteiger partial charge in [-0.1, -0.05) is 74.4 Å². The van der Waals surface area contributed by atoms with E-state index in [1.807, 2.05) is 36.4 Å². The molecule has 3 aromatic rings. The van der Waals surface area contributed by atoms with Crippen molar-refractivity contribution in [3.63, 3.8) is 0 Å². The molecular formula is C32H37F2NO3. The van der Waals surface area contributed by atoms with Crippen molar-refractivity contribution in [2.24, 2.45) is 5.92 Å². The first-order chi connectivity index (χ1) is 18.3. The molecule has 1 aliphatic carbocycles. The van der Waals surface area contributed by atoms with Gasteiger partial charge in [-0.2, -0.15) is 0 Å². The first-order valence-electron chi connectivity index (χ1n) is 13.7. The zero-order valence-electron chi connectivity index (χ0n) is 22.3. The van der Waals surface area contributed by atoms with Gasteiger partial charge in [0.1, 0.15) is 0 Å². The lowest BCUT2D eigenvalue weighted by molar-refractivity contribution is -0.185. The van der Waals surface area contributed by atoms with Crippen LogP contribution in [0.4, 0.5) is 14.5 Å². The molecule has 0 saturated heterocycles. The number of carbonyl (C=O) groups is 2. The van der Waals surface area contributed by atoms with E-state index in [4.69, 9.17) is 4.74 Å². The van der Waals surface area contributed by atoms with Crippen LogP contribution in [-0.2, 0) is 27.2 Å². The summed E-state index contributed by atoms with van der Waals surface area (Å²) < 4.78 is 34.6. The van der Waals surface area contributed by atoms with Crippen molar-refractivity contribution in [1.82, 2.24) is 0 Å². The van der Waals surface area contributed by atoms with Crippen molar-refractivity contribution >= 4 is 28.3 Å². The highest BCUT2D eigenvalue weighted by Gasteiger charge is 2.49. The molecule has 3 aromatic carbocycles. The van der Waals surface area contributed by atoms with Crippen LogP contribution in [0.15, 0.2) is 66.7 Å². The number of esters is 1. The summed E-state index contributed by atoms with van der Waals surface area (Å²) in [6.45, 7) is 3.70.